The number of aryl methyl sites for hydroxylation is 1. The van der Waals surface area contributed by atoms with Crippen molar-refractivity contribution >= 4 is 23.4 Å². The summed E-state index contributed by atoms with van der Waals surface area (Å²) in [5, 5.41) is 2.90. The molecule has 28 heavy (non-hydrogen) atoms. The normalized spacial score (nSPS) is 14.0. The van der Waals surface area contributed by atoms with Gasteiger partial charge in [-0.25, -0.2) is 9.59 Å². The summed E-state index contributed by atoms with van der Waals surface area (Å²) in [5.41, 5.74) is 4.96. The summed E-state index contributed by atoms with van der Waals surface area (Å²) in [4.78, 5) is 28.4. The number of anilines is 2. The number of hydrogen-bond acceptors (Lipinski definition) is 4. The average molecular weight is 381 g/mol. The molecule has 0 saturated carbocycles. The molecule has 0 unspecified atom stereocenters. The van der Waals surface area contributed by atoms with Gasteiger partial charge in [-0.3, -0.25) is 0 Å². The predicted octanol–water partition coefficient (Wildman–Crippen LogP) is 3.83. The molecule has 0 spiro atoms. The van der Waals surface area contributed by atoms with Gasteiger partial charge in [0.15, 0.2) is 0 Å². The molecule has 1 fully saturated rings. The molecule has 2 aromatic rings. The maximum atomic E-state index is 12.6. The molecule has 148 valence electrons. The summed E-state index contributed by atoms with van der Waals surface area (Å²) in [6, 6.07) is 13.0. The number of rotatable bonds is 4. The first-order valence-corrected chi connectivity index (χ1v) is 9.64. The zero-order chi connectivity index (χ0) is 20.1. The van der Waals surface area contributed by atoms with E-state index in [1.165, 1.54) is 16.8 Å². The number of amides is 2. The van der Waals surface area contributed by atoms with Gasteiger partial charge in [-0.2, -0.15) is 0 Å². The fourth-order valence-electron chi connectivity index (χ4n) is 3.34. The fraction of sp³-hybridized carbons (Fsp3) is 0.364. The average Bonchev–Trinajstić information content (AvgIpc) is 2.71. The maximum absolute atomic E-state index is 12.6. The Labute approximate surface area is 166 Å². The van der Waals surface area contributed by atoms with Gasteiger partial charge in [0.1, 0.15) is 0 Å². The second kappa shape index (κ2) is 8.78. The number of carbonyl (C=O) groups excluding carboxylic acids is 2. The van der Waals surface area contributed by atoms with Crippen molar-refractivity contribution in [3.8, 4) is 0 Å². The molecule has 2 amide bonds. The molecule has 0 atom stereocenters. The van der Waals surface area contributed by atoms with Crippen LogP contribution in [0.25, 0.3) is 0 Å². The third-order valence-corrected chi connectivity index (χ3v) is 5.13. The molecule has 2 aromatic carbocycles. The molecule has 6 nitrogen and oxygen atoms in total. The predicted molar refractivity (Wildman–Crippen MR) is 111 cm³/mol. The lowest BCUT2D eigenvalue weighted by Gasteiger charge is -2.37. The minimum Gasteiger partial charge on any atom is -0.462 e. The lowest BCUT2D eigenvalue weighted by molar-refractivity contribution is 0.0526. The van der Waals surface area contributed by atoms with E-state index in [1.54, 1.807) is 31.2 Å². The second-order valence-corrected chi connectivity index (χ2v) is 6.92. The summed E-state index contributed by atoms with van der Waals surface area (Å²) in [6.07, 6.45) is 0. The van der Waals surface area contributed by atoms with Gasteiger partial charge in [0.25, 0.3) is 0 Å². The van der Waals surface area contributed by atoms with Crippen LogP contribution in [-0.2, 0) is 4.74 Å². The van der Waals surface area contributed by atoms with Crippen LogP contribution in [0.15, 0.2) is 42.5 Å². The van der Waals surface area contributed by atoms with Crippen LogP contribution in [0.1, 0.15) is 28.4 Å². The number of nitrogens with one attached hydrogen (secondary N) is 1. The van der Waals surface area contributed by atoms with Crippen molar-refractivity contribution in [2.24, 2.45) is 0 Å². The standard InChI is InChI=1S/C22H27N3O3/c1-4-28-21(26)18-8-10-19(11-9-18)23-22(27)25-14-12-24(13-15-25)20-7-5-6-16(2)17(20)3/h5-11H,4,12-15H2,1-3H3,(H,23,27). The van der Waals surface area contributed by atoms with E-state index in [0.29, 0.717) is 30.9 Å². The number of carbonyl (C=O) groups is 2. The zero-order valence-electron chi connectivity index (χ0n) is 16.7. The molecule has 0 bridgehead atoms. The molecular weight excluding hydrogens is 354 g/mol. The molecular formula is C22H27N3O3. The Kier molecular flexibility index (Phi) is 6.19. The monoisotopic (exact) mass is 381 g/mol. The van der Waals surface area contributed by atoms with Gasteiger partial charge in [-0.15, -0.1) is 0 Å². The van der Waals surface area contributed by atoms with Crippen LogP contribution in [0.4, 0.5) is 16.2 Å². The highest BCUT2D eigenvalue weighted by Gasteiger charge is 2.22. The van der Waals surface area contributed by atoms with Crippen LogP contribution in [-0.4, -0.2) is 49.7 Å². The highest BCUT2D eigenvalue weighted by Crippen LogP contribution is 2.24. The van der Waals surface area contributed by atoms with Crippen molar-refractivity contribution < 1.29 is 14.3 Å². The number of benzene rings is 2. The van der Waals surface area contributed by atoms with Crippen LogP contribution >= 0.6 is 0 Å². The summed E-state index contributed by atoms with van der Waals surface area (Å²) >= 11 is 0. The van der Waals surface area contributed by atoms with Gasteiger partial charge in [-0.05, 0) is 62.2 Å². The molecule has 1 aliphatic heterocycles. The van der Waals surface area contributed by atoms with Crippen LogP contribution in [0, 0.1) is 13.8 Å². The number of urea groups is 1. The van der Waals surface area contributed by atoms with Crippen LogP contribution < -0.4 is 10.2 Å². The topological polar surface area (TPSA) is 61.9 Å². The summed E-state index contributed by atoms with van der Waals surface area (Å²) < 4.78 is 4.97. The molecule has 1 heterocycles. The minimum absolute atomic E-state index is 0.121. The van der Waals surface area contributed by atoms with Crippen LogP contribution in [0.2, 0.25) is 0 Å². The Morgan fingerprint density at radius 3 is 2.32 bits per heavy atom. The summed E-state index contributed by atoms with van der Waals surface area (Å²) in [6.45, 7) is 9.32. The summed E-state index contributed by atoms with van der Waals surface area (Å²) in [7, 11) is 0. The van der Waals surface area contributed by atoms with Gasteiger partial charge in [0.2, 0.25) is 0 Å². The quantitative estimate of drug-likeness (QED) is 0.818. The van der Waals surface area contributed by atoms with Gasteiger partial charge in [0, 0.05) is 37.6 Å². The van der Waals surface area contributed by atoms with Crippen molar-refractivity contribution in [2.75, 3.05) is 43.0 Å². The molecule has 6 heteroatoms. The number of piperazine rings is 1. The molecule has 0 aromatic heterocycles. The molecule has 1 saturated heterocycles. The van der Waals surface area contributed by atoms with Gasteiger partial charge < -0.3 is 19.9 Å². The molecule has 1 N–H and O–H groups in total. The smallest absolute Gasteiger partial charge is 0.338 e. The molecule has 3 rings (SSSR count). The van der Waals surface area contributed by atoms with Crippen molar-refractivity contribution in [3.63, 3.8) is 0 Å². The Hall–Kier alpha value is -3.02. The van der Waals surface area contributed by atoms with Crippen LogP contribution in [0.3, 0.4) is 0 Å². The van der Waals surface area contributed by atoms with E-state index >= 15 is 0 Å². The van der Waals surface area contributed by atoms with Crippen LogP contribution in [0.5, 0.6) is 0 Å². The summed E-state index contributed by atoms with van der Waals surface area (Å²) in [5.74, 6) is -0.358. The first-order chi connectivity index (χ1) is 13.5. The number of hydrogen-bond donors (Lipinski definition) is 1. The van der Waals surface area contributed by atoms with E-state index in [9.17, 15) is 9.59 Å². The Bertz CT molecular complexity index is 841. The number of ether oxygens (including phenoxy) is 1. The third-order valence-electron chi connectivity index (χ3n) is 5.13. The SMILES string of the molecule is CCOC(=O)c1ccc(NC(=O)N2CCN(c3cccc(C)c3C)CC2)cc1. The van der Waals surface area contributed by atoms with Crippen molar-refractivity contribution in [3.05, 3.63) is 59.2 Å². The molecule has 0 radical (unpaired) electrons. The Morgan fingerprint density at radius 1 is 1.00 bits per heavy atom. The molecule has 0 aliphatic carbocycles. The van der Waals surface area contributed by atoms with Crippen molar-refractivity contribution in [1.82, 2.24) is 4.90 Å². The van der Waals surface area contributed by atoms with Crippen molar-refractivity contribution in [2.45, 2.75) is 20.8 Å². The Balaban J connectivity index is 1.55. The maximum Gasteiger partial charge on any atom is 0.338 e. The highest BCUT2D eigenvalue weighted by molar-refractivity contribution is 5.92. The molecule has 1 aliphatic rings. The number of nitrogens with zero attached hydrogens (tertiary/aromatic N) is 2. The highest BCUT2D eigenvalue weighted by atomic mass is 16.5. The minimum atomic E-state index is -0.358. The van der Waals surface area contributed by atoms with Gasteiger partial charge >= 0.3 is 12.0 Å². The lowest BCUT2D eigenvalue weighted by Crippen LogP contribution is -2.50. The van der Waals surface area contributed by atoms with Gasteiger partial charge in [-0.1, -0.05) is 12.1 Å². The largest absolute Gasteiger partial charge is 0.462 e. The Morgan fingerprint density at radius 2 is 1.68 bits per heavy atom. The lowest BCUT2D eigenvalue weighted by atomic mass is 10.1. The number of esters is 1. The van der Waals surface area contributed by atoms with Gasteiger partial charge in [0.05, 0.1) is 12.2 Å². The fourth-order valence-corrected chi connectivity index (χ4v) is 3.34. The zero-order valence-corrected chi connectivity index (χ0v) is 16.7. The first kappa shape index (κ1) is 19.7. The third kappa shape index (κ3) is 4.44. The van der Waals surface area contributed by atoms with E-state index in [1.807, 2.05) is 4.90 Å². The first-order valence-electron chi connectivity index (χ1n) is 9.64. The van der Waals surface area contributed by atoms with E-state index in [2.05, 4.69) is 42.3 Å². The van der Waals surface area contributed by atoms with E-state index in [4.69, 9.17) is 4.74 Å². The van der Waals surface area contributed by atoms with E-state index < -0.39 is 0 Å². The van der Waals surface area contributed by atoms with E-state index in [-0.39, 0.29) is 12.0 Å². The van der Waals surface area contributed by atoms with E-state index in [0.717, 1.165) is 13.1 Å². The van der Waals surface area contributed by atoms with Crippen molar-refractivity contribution in [1.29, 1.82) is 0 Å². The second-order valence-electron chi connectivity index (χ2n) is 6.92.